The number of hydrogen-bond acceptors (Lipinski definition) is 5. The summed E-state index contributed by atoms with van der Waals surface area (Å²) in [5, 5.41) is 11.2. The van der Waals surface area contributed by atoms with Crippen molar-refractivity contribution in [2.75, 3.05) is 7.11 Å². The first-order chi connectivity index (χ1) is 7.81. The number of hydrogen-bond donors (Lipinski definition) is 0. The largest absolute Gasteiger partial charge is 0.497 e. The van der Waals surface area contributed by atoms with Crippen LogP contribution in [-0.2, 0) is 6.54 Å². The number of ether oxygens (including phenoxy) is 1. The van der Waals surface area contributed by atoms with Crippen molar-refractivity contribution in [2.24, 2.45) is 0 Å². The van der Waals surface area contributed by atoms with Gasteiger partial charge >= 0.3 is 0 Å². The van der Waals surface area contributed by atoms with Crippen molar-refractivity contribution in [1.82, 2.24) is 20.2 Å². The molecule has 1 aromatic heterocycles. The van der Waals surface area contributed by atoms with E-state index >= 15 is 0 Å². The van der Waals surface area contributed by atoms with Gasteiger partial charge in [-0.05, 0) is 22.9 Å². The Morgan fingerprint density at radius 1 is 1.38 bits per heavy atom. The van der Waals surface area contributed by atoms with Crippen molar-refractivity contribution >= 4 is 6.29 Å². The molecule has 0 unspecified atom stereocenters. The molecule has 0 spiro atoms. The molecule has 6 nitrogen and oxygen atoms in total. The topological polar surface area (TPSA) is 69.9 Å². The molecule has 16 heavy (non-hydrogen) atoms. The van der Waals surface area contributed by atoms with E-state index in [-0.39, 0.29) is 5.82 Å². The van der Waals surface area contributed by atoms with Crippen LogP contribution < -0.4 is 4.74 Å². The monoisotopic (exact) mass is 218 g/mol. The highest BCUT2D eigenvalue weighted by Gasteiger charge is 2.01. The van der Waals surface area contributed by atoms with Gasteiger partial charge < -0.3 is 4.74 Å². The van der Waals surface area contributed by atoms with Gasteiger partial charge in [0.05, 0.1) is 13.7 Å². The SMILES string of the molecule is COc1ccc(Cn2nnc(C=O)n2)cc1. The molecule has 0 saturated carbocycles. The van der Waals surface area contributed by atoms with Crippen molar-refractivity contribution in [3.05, 3.63) is 35.7 Å². The summed E-state index contributed by atoms with van der Waals surface area (Å²) in [7, 11) is 1.62. The van der Waals surface area contributed by atoms with E-state index in [1.165, 1.54) is 4.80 Å². The lowest BCUT2D eigenvalue weighted by atomic mass is 10.2. The van der Waals surface area contributed by atoms with Gasteiger partial charge in [0.15, 0.2) is 6.29 Å². The molecule has 0 saturated heterocycles. The van der Waals surface area contributed by atoms with E-state index < -0.39 is 0 Å². The second-order valence-electron chi connectivity index (χ2n) is 3.14. The van der Waals surface area contributed by atoms with E-state index in [4.69, 9.17) is 4.74 Å². The predicted molar refractivity (Wildman–Crippen MR) is 55.3 cm³/mol. The number of tetrazole rings is 1. The molecule has 82 valence electrons. The smallest absolute Gasteiger partial charge is 0.237 e. The van der Waals surface area contributed by atoms with Crippen LogP contribution in [0, 0.1) is 0 Å². The number of aldehydes is 1. The molecule has 2 aromatic rings. The molecule has 0 bridgehead atoms. The summed E-state index contributed by atoms with van der Waals surface area (Å²) in [4.78, 5) is 11.7. The normalized spacial score (nSPS) is 10.1. The van der Waals surface area contributed by atoms with E-state index in [9.17, 15) is 4.79 Å². The molecule has 0 amide bonds. The zero-order valence-electron chi connectivity index (χ0n) is 8.70. The van der Waals surface area contributed by atoms with Crippen LogP contribution in [0.3, 0.4) is 0 Å². The Bertz CT molecular complexity index is 478. The zero-order valence-corrected chi connectivity index (χ0v) is 8.70. The van der Waals surface area contributed by atoms with Gasteiger partial charge in [-0.1, -0.05) is 12.1 Å². The average molecular weight is 218 g/mol. The standard InChI is InChI=1S/C10H10N4O2/c1-16-9-4-2-8(3-5-9)6-14-12-10(7-15)11-13-14/h2-5,7H,6H2,1H3. The van der Waals surface area contributed by atoms with Crippen LogP contribution in [-0.4, -0.2) is 33.6 Å². The van der Waals surface area contributed by atoms with E-state index in [2.05, 4.69) is 15.4 Å². The molecule has 6 heteroatoms. The van der Waals surface area contributed by atoms with E-state index in [1.807, 2.05) is 24.3 Å². The highest BCUT2D eigenvalue weighted by molar-refractivity contribution is 5.67. The third kappa shape index (κ3) is 2.22. The molecular formula is C10H10N4O2. The predicted octanol–water partition coefficient (Wildman–Crippen LogP) is 0.542. The summed E-state index contributed by atoms with van der Waals surface area (Å²) >= 11 is 0. The first kappa shape index (κ1) is 10.3. The number of rotatable bonds is 4. The summed E-state index contributed by atoms with van der Waals surface area (Å²) in [5.74, 6) is 0.886. The third-order valence-electron chi connectivity index (χ3n) is 2.06. The first-order valence-corrected chi connectivity index (χ1v) is 4.68. The number of carbonyl (C=O) groups is 1. The molecule has 0 aliphatic heterocycles. The average Bonchev–Trinajstić information content (AvgIpc) is 2.78. The number of methoxy groups -OCH3 is 1. The van der Waals surface area contributed by atoms with Gasteiger partial charge in [-0.15, -0.1) is 10.2 Å². The minimum Gasteiger partial charge on any atom is -0.497 e. The maximum Gasteiger partial charge on any atom is 0.237 e. The highest BCUT2D eigenvalue weighted by atomic mass is 16.5. The summed E-state index contributed by atoms with van der Waals surface area (Å²) < 4.78 is 5.04. The summed E-state index contributed by atoms with van der Waals surface area (Å²) in [6, 6.07) is 7.52. The van der Waals surface area contributed by atoms with Crippen LogP contribution in [0.2, 0.25) is 0 Å². The van der Waals surface area contributed by atoms with E-state index in [0.29, 0.717) is 12.8 Å². The minimum atomic E-state index is 0.0912. The minimum absolute atomic E-state index is 0.0912. The molecule has 0 radical (unpaired) electrons. The Hall–Kier alpha value is -2.24. The van der Waals surface area contributed by atoms with E-state index in [1.54, 1.807) is 7.11 Å². The van der Waals surface area contributed by atoms with E-state index in [0.717, 1.165) is 11.3 Å². The van der Waals surface area contributed by atoms with Gasteiger partial charge in [0.2, 0.25) is 5.82 Å². The van der Waals surface area contributed by atoms with Crippen LogP contribution in [0.5, 0.6) is 5.75 Å². The van der Waals surface area contributed by atoms with Crippen molar-refractivity contribution < 1.29 is 9.53 Å². The Balaban J connectivity index is 2.10. The van der Waals surface area contributed by atoms with Crippen LogP contribution in [0.15, 0.2) is 24.3 Å². The molecule has 1 aromatic carbocycles. The van der Waals surface area contributed by atoms with Gasteiger partial charge in [0.25, 0.3) is 0 Å². The molecule has 0 aliphatic carbocycles. The molecule has 0 fully saturated rings. The number of nitrogens with zero attached hydrogens (tertiary/aromatic N) is 4. The second-order valence-corrected chi connectivity index (χ2v) is 3.14. The fraction of sp³-hybridized carbons (Fsp3) is 0.200. The first-order valence-electron chi connectivity index (χ1n) is 4.68. The fourth-order valence-electron chi connectivity index (χ4n) is 1.26. The lowest BCUT2D eigenvalue weighted by Gasteiger charge is -2.01. The maximum atomic E-state index is 10.4. The number of carbonyl (C=O) groups excluding carboxylic acids is 1. The van der Waals surface area contributed by atoms with Gasteiger partial charge in [-0.25, -0.2) is 0 Å². The highest BCUT2D eigenvalue weighted by Crippen LogP contribution is 2.11. The third-order valence-corrected chi connectivity index (χ3v) is 2.06. The van der Waals surface area contributed by atoms with Crippen molar-refractivity contribution in [2.45, 2.75) is 6.54 Å². The quantitative estimate of drug-likeness (QED) is 0.700. The molecular weight excluding hydrogens is 208 g/mol. The molecule has 0 aliphatic rings. The maximum absolute atomic E-state index is 10.4. The van der Waals surface area contributed by atoms with Crippen LogP contribution in [0.4, 0.5) is 0 Å². The Morgan fingerprint density at radius 2 is 2.12 bits per heavy atom. The molecule has 0 N–H and O–H groups in total. The summed E-state index contributed by atoms with van der Waals surface area (Å²) in [5.41, 5.74) is 1.01. The van der Waals surface area contributed by atoms with Crippen molar-refractivity contribution in [3.63, 3.8) is 0 Å². The van der Waals surface area contributed by atoms with Crippen LogP contribution >= 0.6 is 0 Å². The Kier molecular flexibility index (Phi) is 2.90. The Labute approximate surface area is 91.8 Å². The Morgan fingerprint density at radius 3 is 2.69 bits per heavy atom. The second kappa shape index (κ2) is 4.52. The molecule has 0 atom stereocenters. The van der Waals surface area contributed by atoms with Crippen LogP contribution in [0.25, 0.3) is 0 Å². The summed E-state index contributed by atoms with van der Waals surface area (Å²) in [6.07, 6.45) is 0.567. The van der Waals surface area contributed by atoms with Gasteiger partial charge in [-0.2, -0.15) is 4.80 Å². The number of aromatic nitrogens is 4. The van der Waals surface area contributed by atoms with Gasteiger partial charge in [0, 0.05) is 0 Å². The van der Waals surface area contributed by atoms with Crippen LogP contribution in [0.1, 0.15) is 16.2 Å². The lowest BCUT2D eigenvalue weighted by molar-refractivity contribution is 0.111. The molecule has 2 rings (SSSR count). The number of benzene rings is 1. The molecule has 1 heterocycles. The fourth-order valence-corrected chi connectivity index (χ4v) is 1.26. The zero-order chi connectivity index (χ0) is 11.4. The van der Waals surface area contributed by atoms with Crippen molar-refractivity contribution in [3.8, 4) is 5.75 Å². The summed E-state index contributed by atoms with van der Waals surface area (Å²) in [6.45, 7) is 0.477. The van der Waals surface area contributed by atoms with Gasteiger partial charge in [0.1, 0.15) is 5.75 Å². The lowest BCUT2D eigenvalue weighted by Crippen LogP contribution is -2.04. The van der Waals surface area contributed by atoms with Crippen molar-refractivity contribution in [1.29, 1.82) is 0 Å². The van der Waals surface area contributed by atoms with Gasteiger partial charge in [-0.3, -0.25) is 4.79 Å².